The smallest absolute Gasteiger partial charge is 0.471 e. The Morgan fingerprint density at radius 1 is 0.923 bits per heavy atom. The van der Waals surface area contributed by atoms with E-state index >= 15 is 0 Å². The summed E-state index contributed by atoms with van der Waals surface area (Å²) in [6.07, 6.45) is -6.56. The lowest BCUT2D eigenvalue weighted by Crippen LogP contribution is -2.51. The van der Waals surface area contributed by atoms with Crippen LogP contribution in [0, 0.1) is 0 Å². The summed E-state index contributed by atoms with van der Waals surface area (Å²) >= 11 is 0. The van der Waals surface area contributed by atoms with Crippen molar-refractivity contribution in [2.75, 3.05) is 20.8 Å². The molecule has 0 spiro atoms. The molecule has 3 aromatic carbocycles. The number of hydrogen-bond donors (Lipinski definition) is 4. The van der Waals surface area contributed by atoms with Crippen molar-refractivity contribution in [3.63, 3.8) is 0 Å². The van der Waals surface area contributed by atoms with E-state index in [2.05, 4.69) is 4.98 Å². The second-order valence-electron chi connectivity index (χ2n) is 12.6. The molecule has 1 unspecified atom stereocenters. The van der Waals surface area contributed by atoms with E-state index in [1.165, 1.54) is 25.0 Å². The lowest BCUT2D eigenvalue weighted by Gasteiger charge is -2.43. The quantitative estimate of drug-likeness (QED) is 0.104. The number of unbranched alkanes of at least 4 members (excludes halogenated alkanes) is 3. The average molecular weight is 726 g/mol. The highest BCUT2D eigenvalue weighted by Gasteiger charge is 2.54. The second kappa shape index (κ2) is 16.6. The Kier molecular flexibility index (Phi) is 12.2. The van der Waals surface area contributed by atoms with Crippen LogP contribution in [0.1, 0.15) is 60.6 Å². The number of aromatic amines is 1. The number of para-hydroxylation sites is 2. The van der Waals surface area contributed by atoms with Gasteiger partial charge in [-0.25, -0.2) is 4.79 Å². The summed E-state index contributed by atoms with van der Waals surface area (Å²) in [4.78, 5) is 39.1. The zero-order valence-electron chi connectivity index (χ0n) is 28.8. The van der Waals surface area contributed by atoms with E-state index < -0.39 is 53.3 Å². The van der Waals surface area contributed by atoms with Crippen LogP contribution in [-0.2, 0) is 21.4 Å². The van der Waals surface area contributed by atoms with Gasteiger partial charge in [0.15, 0.2) is 0 Å². The molecular formula is C38H42F3N3O8. The first-order valence-corrected chi connectivity index (χ1v) is 17.0. The predicted molar refractivity (Wildman–Crippen MR) is 185 cm³/mol. The third-order valence-corrected chi connectivity index (χ3v) is 9.45. The molecule has 11 nitrogen and oxygen atoms in total. The van der Waals surface area contributed by atoms with Crippen LogP contribution >= 0.6 is 0 Å². The number of methoxy groups -OCH3 is 2. The third kappa shape index (κ3) is 7.93. The number of rotatable bonds is 15. The number of aliphatic hydroxyl groups excluding tert-OH is 2. The number of carbonyl (C=O) groups excluding carboxylic acids is 1. The number of ether oxygens (including phenoxy) is 3. The van der Waals surface area contributed by atoms with E-state index in [0.717, 1.165) is 0 Å². The summed E-state index contributed by atoms with van der Waals surface area (Å²) in [6, 6.07) is 23.7. The monoisotopic (exact) mass is 725 g/mol. The molecule has 14 heteroatoms. The summed E-state index contributed by atoms with van der Waals surface area (Å²) < 4.78 is 56.3. The Morgan fingerprint density at radius 2 is 1.50 bits per heavy atom. The second-order valence-corrected chi connectivity index (χ2v) is 12.6. The number of nitrogens with zero attached hydrogens (tertiary/aromatic N) is 1. The van der Waals surface area contributed by atoms with Gasteiger partial charge in [0, 0.05) is 35.9 Å². The van der Waals surface area contributed by atoms with Gasteiger partial charge in [0.25, 0.3) is 5.56 Å². The van der Waals surface area contributed by atoms with Gasteiger partial charge >= 0.3 is 17.8 Å². The minimum absolute atomic E-state index is 0.0838. The van der Waals surface area contributed by atoms with Gasteiger partial charge in [0.2, 0.25) is 0 Å². The predicted octanol–water partition coefficient (Wildman–Crippen LogP) is 4.38. The average Bonchev–Trinajstić information content (AvgIpc) is 3.53. The highest BCUT2D eigenvalue weighted by Crippen LogP contribution is 2.51. The number of benzene rings is 3. The first kappa shape index (κ1) is 38.3. The highest BCUT2D eigenvalue weighted by molar-refractivity contribution is 5.81. The summed E-state index contributed by atoms with van der Waals surface area (Å²) in [5.74, 6) is -1.05. The minimum Gasteiger partial charge on any atom is -0.496 e. The molecule has 4 atom stereocenters. The number of aromatic nitrogens is 2. The number of aryl methyl sites for hydroxylation is 1. The molecule has 4 aromatic rings. The zero-order valence-corrected chi connectivity index (χ0v) is 28.8. The van der Waals surface area contributed by atoms with Crippen molar-refractivity contribution in [3.8, 4) is 11.5 Å². The molecule has 278 valence electrons. The molecule has 0 bridgehead atoms. The summed E-state index contributed by atoms with van der Waals surface area (Å²) in [5.41, 5.74) is -0.708. The fourth-order valence-corrected chi connectivity index (χ4v) is 6.98. The Bertz CT molecular complexity index is 1880. The number of nitrogens with one attached hydrogen (secondary N) is 2. The first-order valence-electron chi connectivity index (χ1n) is 17.0. The van der Waals surface area contributed by atoms with Crippen LogP contribution in [-0.4, -0.2) is 70.9 Å². The molecule has 5 rings (SSSR count). The van der Waals surface area contributed by atoms with Crippen molar-refractivity contribution in [2.24, 2.45) is 0 Å². The van der Waals surface area contributed by atoms with Crippen molar-refractivity contribution < 1.29 is 42.4 Å². The van der Waals surface area contributed by atoms with Crippen molar-refractivity contribution >= 4 is 5.91 Å². The molecular weight excluding hydrogens is 683 g/mol. The summed E-state index contributed by atoms with van der Waals surface area (Å²) in [5, 5.41) is 26.1. The number of hydrogen-bond acceptors (Lipinski definition) is 8. The summed E-state index contributed by atoms with van der Waals surface area (Å²) in [7, 11) is 3.05. The lowest BCUT2D eigenvalue weighted by molar-refractivity contribution is -0.173. The van der Waals surface area contributed by atoms with Gasteiger partial charge in [-0.05, 0) is 37.0 Å². The number of alkyl halides is 3. The molecule has 52 heavy (non-hydrogen) atoms. The van der Waals surface area contributed by atoms with Crippen LogP contribution in [0.2, 0.25) is 0 Å². The molecule has 4 N–H and O–H groups in total. The van der Waals surface area contributed by atoms with Crippen LogP contribution in [0.4, 0.5) is 13.2 Å². The standard InChI is InChI=1S/C38H42F3N3O8/c1-50-29-19-11-9-17-26(29)37(25-15-7-5-8-16-25,27-18-10-12-20-30(27)51-2)33(46)32-28(45)22-31(52-32)44-23-24(34(47)43-36(44)49)14-6-3-4-13-21-42-35(48)38(39,40)41/h5,7-12,15-20,23,28,31-33,45-46H,3-4,6,13-14,21-22H2,1-2H3,(H,42,48)(H,43,47,49)/t28-,31+,32-,33?/m0/s1. The third-order valence-electron chi connectivity index (χ3n) is 9.45. The lowest BCUT2D eigenvalue weighted by atomic mass is 9.63. The van der Waals surface area contributed by atoms with E-state index in [4.69, 9.17) is 14.2 Å². The molecule has 1 aliphatic heterocycles. The number of carbonyl (C=O) groups is 1. The number of amides is 1. The molecule has 1 aromatic heterocycles. The maximum atomic E-state index is 13.1. The minimum atomic E-state index is -4.93. The van der Waals surface area contributed by atoms with Crippen LogP contribution in [0.3, 0.4) is 0 Å². The molecule has 1 aliphatic rings. The molecule has 1 fully saturated rings. The van der Waals surface area contributed by atoms with E-state index in [9.17, 15) is 37.8 Å². The van der Waals surface area contributed by atoms with Gasteiger partial charge in [0.05, 0.1) is 25.7 Å². The molecule has 0 saturated carbocycles. The Hall–Kier alpha value is -4.92. The zero-order chi connectivity index (χ0) is 37.5. The Balaban J connectivity index is 1.43. The van der Waals surface area contributed by atoms with Gasteiger partial charge < -0.3 is 29.7 Å². The maximum Gasteiger partial charge on any atom is 0.471 e. The van der Waals surface area contributed by atoms with Crippen molar-refractivity contribution in [2.45, 2.75) is 74.7 Å². The van der Waals surface area contributed by atoms with Crippen LogP contribution in [0.25, 0.3) is 0 Å². The van der Waals surface area contributed by atoms with E-state index in [-0.39, 0.29) is 24.9 Å². The number of aliphatic hydroxyl groups is 2. The van der Waals surface area contributed by atoms with Gasteiger partial charge in [-0.15, -0.1) is 0 Å². The first-order chi connectivity index (χ1) is 24.9. The number of halogens is 3. The summed E-state index contributed by atoms with van der Waals surface area (Å²) in [6.45, 7) is -0.127. The maximum absolute atomic E-state index is 13.1. The topological polar surface area (TPSA) is 152 Å². The van der Waals surface area contributed by atoms with Gasteiger partial charge in [-0.3, -0.25) is 19.1 Å². The van der Waals surface area contributed by atoms with Crippen molar-refractivity contribution in [1.82, 2.24) is 14.9 Å². The van der Waals surface area contributed by atoms with E-state index in [0.29, 0.717) is 53.9 Å². The Morgan fingerprint density at radius 3 is 2.10 bits per heavy atom. The van der Waals surface area contributed by atoms with Crippen molar-refractivity contribution in [1.29, 1.82) is 0 Å². The molecule has 1 saturated heterocycles. The fourth-order valence-electron chi connectivity index (χ4n) is 6.98. The Labute approximate surface area is 298 Å². The van der Waals surface area contributed by atoms with E-state index in [1.807, 2.05) is 72.0 Å². The van der Waals surface area contributed by atoms with Gasteiger partial charge in [0.1, 0.15) is 29.9 Å². The molecule has 1 amide bonds. The van der Waals surface area contributed by atoms with Crippen LogP contribution < -0.4 is 26.0 Å². The molecule has 0 radical (unpaired) electrons. The molecule has 0 aliphatic carbocycles. The van der Waals surface area contributed by atoms with Gasteiger partial charge in [-0.1, -0.05) is 79.6 Å². The van der Waals surface area contributed by atoms with E-state index in [1.54, 1.807) is 12.1 Å². The van der Waals surface area contributed by atoms with Crippen LogP contribution in [0.15, 0.2) is 94.6 Å². The van der Waals surface area contributed by atoms with Gasteiger partial charge in [-0.2, -0.15) is 13.2 Å². The molecule has 2 heterocycles. The number of H-pyrrole nitrogens is 1. The highest BCUT2D eigenvalue weighted by atomic mass is 19.4. The fraction of sp³-hybridized carbons (Fsp3) is 0.395. The largest absolute Gasteiger partial charge is 0.496 e. The normalized spacial score (nSPS) is 18.2. The van der Waals surface area contributed by atoms with Crippen molar-refractivity contribution in [3.05, 3.63) is 128 Å². The van der Waals surface area contributed by atoms with Crippen LogP contribution in [0.5, 0.6) is 11.5 Å². The SMILES string of the molecule is COc1ccccc1C(c1ccccc1)(c1ccccc1OC)C(O)[C@H]1O[C@@H](n2cc(CCCCCCNC(=O)C(F)(F)F)c(=O)[nH]c2=O)C[C@@H]1O.